The molecule has 1 aromatic heterocycles. The second-order valence-electron chi connectivity index (χ2n) is 4.02. The first kappa shape index (κ1) is 14.0. The molecule has 0 aliphatic carbocycles. The Morgan fingerprint density at radius 2 is 1.94 bits per heavy atom. The van der Waals surface area contributed by atoms with Gasteiger partial charge in [-0.25, -0.2) is 0 Å². The predicted molar refractivity (Wildman–Crippen MR) is 66.4 cm³/mol. The average molecular weight is 252 g/mol. The van der Waals surface area contributed by atoms with Gasteiger partial charge in [0.1, 0.15) is 0 Å². The van der Waals surface area contributed by atoms with Crippen molar-refractivity contribution in [1.29, 1.82) is 0 Å². The number of amides is 1. The Morgan fingerprint density at radius 3 is 2.56 bits per heavy atom. The summed E-state index contributed by atoms with van der Waals surface area (Å²) < 4.78 is 1.38. The van der Waals surface area contributed by atoms with Gasteiger partial charge < -0.3 is 15.0 Å². The quantitative estimate of drug-likeness (QED) is 0.738. The second kappa shape index (κ2) is 6.58. The summed E-state index contributed by atoms with van der Waals surface area (Å²) in [5.41, 5.74) is 0.412. The molecule has 0 aromatic carbocycles. The maximum atomic E-state index is 11.5. The van der Waals surface area contributed by atoms with E-state index in [0.29, 0.717) is 18.5 Å². The highest BCUT2D eigenvalue weighted by atomic mass is 16.4. The number of nitrogens with one attached hydrogen (secondary N) is 1. The lowest BCUT2D eigenvalue weighted by molar-refractivity contribution is -0.137. The van der Waals surface area contributed by atoms with Crippen LogP contribution in [0.2, 0.25) is 0 Å². The molecule has 0 aliphatic heterocycles. The number of carbonyl (C=O) groups excluding carboxylic acids is 1. The van der Waals surface area contributed by atoms with E-state index < -0.39 is 5.97 Å². The molecule has 6 nitrogen and oxygen atoms in total. The number of aryl methyl sites for hydroxylation is 1. The third kappa shape index (κ3) is 4.82. The van der Waals surface area contributed by atoms with Crippen molar-refractivity contribution in [1.82, 2.24) is 4.57 Å². The van der Waals surface area contributed by atoms with Gasteiger partial charge in [0.2, 0.25) is 11.5 Å². The van der Waals surface area contributed by atoms with Crippen LogP contribution in [-0.2, 0) is 16.6 Å². The molecule has 1 aromatic rings. The van der Waals surface area contributed by atoms with Gasteiger partial charge in [-0.2, -0.15) is 0 Å². The van der Waals surface area contributed by atoms with Crippen LogP contribution in [0.1, 0.15) is 25.7 Å². The number of carbonyl (C=O) groups is 2. The molecule has 1 amide bonds. The lowest BCUT2D eigenvalue weighted by atomic mass is 10.2. The molecule has 0 bridgehead atoms. The van der Waals surface area contributed by atoms with E-state index >= 15 is 0 Å². The summed E-state index contributed by atoms with van der Waals surface area (Å²) in [4.78, 5) is 32.9. The zero-order valence-electron chi connectivity index (χ0n) is 10.2. The van der Waals surface area contributed by atoms with Crippen molar-refractivity contribution >= 4 is 17.6 Å². The van der Waals surface area contributed by atoms with Gasteiger partial charge in [0, 0.05) is 32.2 Å². The topological polar surface area (TPSA) is 88.4 Å². The first-order chi connectivity index (χ1) is 8.49. The normalized spacial score (nSPS) is 10.1. The molecule has 0 spiro atoms. The molecule has 0 unspecified atom stereocenters. The number of rotatable bonds is 6. The van der Waals surface area contributed by atoms with Crippen molar-refractivity contribution in [2.24, 2.45) is 7.05 Å². The maximum Gasteiger partial charge on any atom is 0.303 e. The highest BCUT2D eigenvalue weighted by molar-refractivity contribution is 5.90. The van der Waals surface area contributed by atoms with Crippen LogP contribution in [-0.4, -0.2) is 21.6 Å². The van der Waals surface area contributed by atoms with Gasteiger partial charge in [0.05, 0.1) is 5.69 Å². The van der Waals surface area contributed by atoms with E-state index in [1.807, 2.05) is 0 Å². The van der Waals surface area contributed by atoms with Crippen molar-refractivity contribution in [3.05, 3.63) is 28.7 Å². The molecule has 1 rings (SSSR count). The standard InChI is InChI=1S/C12H16N2O4/c1-14-8-9(6-7-11(14)16)13-10(15)4-2-3-5-12(17)18/h6-8H,2-5H2,1H3,(H,13,15)(H,17,18). The van der Waals surface area contributed by atoms with Crippen LogP contribution >= 0.6 is 0 Å². The summed E-state index contributed by atoms with van der Waals surface area (Å²) in [6, 6.07) is 2.91. The van der Waals surface area contributed by atoms with Crippen molar-refractivity contribution in [2.45, 2.75) is 25.7 Å². The predicted octanol–water partition coefficient (Wildman–Crippen LogP) is 0.969. The number of pyridine rings is 1. The van der Waals surface area contributed by atoms with Crippen LogP contribution in [0.15, 0.2) is 23.1 Å². The molecule has 2 N–H and O–H groups in total. The third-order valence-corrected chi connectivity index (χ3v) is 2.41. The number of aliphatic carboxylic acids is 1. The molecule has 98 valence electrons. The highest BCUT2D eigenvalue weighted by Gasteiger charge is 2.04. The molecule has 1 heterocycles. The Labute approximate surface area is 104 Å². The number of hydrogen-bond donors (Lipinski definition) is 2. The smallest absolute Gasteiger partial charge is 0.303 e. The first-order valence-electron chi connectivity index (χ1n) is 5.67. The van der Waals surface area contributed by atoms with Crippen molar-refractivity contribution in [2.75, 3.05) is 5.32 Å². The number of carboxylic acid groups (broad SMARTS) is 1. The van der Waals surface area contributed by atoms with E-state index in [-0.39, 0.29) is 24.3 Å². The van der Waals surface area contributed by atoms with E-state index in [1.165, 1.54) is 22.9 Å². The zero-order valence-corrected chi connectivity index (χ0v) is 10.2. The van der Waals surface area contributed by atoms with Crippen LogP contribution < -0.4 is 10.9 Å². The number of hydrogen-bond acceptors (Lipinski definition) is 3. The molecular formula is C12H16N2O4. The molecular weight excluding hydrogens is 236 g/mol. The van der Waals surface area contributed by atoms with Crippen LogP contribution in [0.5, 0.6) is 0 Å². The summed E-state index contributed by atoms with van der Waals surface area (Å²) in [5, 5.41) is 11.1. The fourth-order valence-corrected chi connectivity index (χ4v) is 1.45. The summed E-state index contributed by atoms with van der Waals surface area (Å²) in [7, 11) is 1.60. The Kier molecular flexibility index (Phi) is 5.10. The fraction of sp³-hybridized carbons (Fsp3) is 0.417. The Hall–Kier alpha value is -2.11. The van der Waals surface area contributed by atoms with Gasteiger partial charge in [0.15, 0.2) is 0 Å². The number of anilines is 1. The molecule has 0 aliphatic rings. The van der Waals surface area contributed by atoms with Crippen LogP contribution in [0.25, 0.3) is 0 Å². The van der Waals surface area contributed by atoms with Crippen LogP contribution in [0.3, 0.4) is 0 Å². The van der Waals surface area contributed by atoms with Gasteiger partial charge in [-0.15, -0.1) is 0 Å². The third-order valence-electron chi connectivity index (χ3n) is 2.41. The van der Waals surface area contributed by atoms with E-state index in [0.717, 1.165) is 0 Å². The van der Waals surface area contributed by atoms with Gasteiger partial charge in [-0.1, -0.05) is 0 Å². The average Bonchev–Trinajstić information content (AvgIpc) is 2.29. The fourth-order valence-electron chi connectivity index (χ4n) is 1.45. The Bertz CT molecular complexity index is 493. The lowest BCUT2D eigenvalue weighted by Gasteiger charge is -2.06. The van der Waals surface area contributed by atoms with Gasteiger partial charge in [-0.3, -0.25) is 14.4 Å². The highest BCUT2D eigenvalue weighted by Crippen LogP contribution is 2.06. The van der Waals surface area contributed by atoms with Crippen molar-refractivity contribution < 1.29 is 14.7 Å². The number of unbranched alkanes of at least 4 members (excludes halogenated alkanes) is 1. The molecule has 6 heteroatoms. The molecule has 0 fully saturated rings. The van der Waals surface area contributed by atoms with Crippen LogP contribution in [0.4, 0.5) is 5.69 Å². The summed E-state index contributed by atoms with van der Waals surface area (Å²) in [6.07, 6.45) is 2.90. The molecule has 0 saturated carbocycles. The maximum absolute atomic E-state index is 11.5. The number of carboxylic acids is 1. The minimum absolute atomic E-state index is 0.0765. The summed E-state index contributed by atoms with van der Waals surface area (Å²) >= 11 is 0. The van der Waals surface area contributed by atoms with E-state index in [4.69, 9.17) is 5.11 Å². The Balaban J connectivity index is 2.37. The molecule has 0 radical (unpaired) electrons. The minimum atomic E-state index is -0.853. The monoisotopic (exact) mass is 252 g/mol. The minimum Gasteiger partial charge on any atom is -0.481 e. The van der Waals surface area contributed by atoms with Crippen LogP contribution in [0, 0.1) is 0 Å². The number of nitrogens with zero attached hydrogens (tertiary/aromatic N) is 1. The largest absolute Gasteiger partial charge is 0.481 e. The SMILES string of the molecule is Cn1cc(NC(=O)CCCCC(=O)O)ccc1=O. The van der Waals surface area contributed by atoms with Gasteiger partial charge in [-0.05, 0) is 18.9 Å². The van der Waals surface area contributed by atoms with E-state index in [2.05, 4.69) is 5.32 Å². The molecule has 18 heavy (non-hydrogen) atoms. The number of aromatic nitrogens is 1. The molecule has 0 atom stereocenters. The zero-order chi connectivity index (χ0) is 13.5. The van der Waals surface area contributed by atoms with Crippen molar-refractivity contribution in [3.8, 4) is 0 Å². The van der Waals surface area contributed by atoms with Gasteiger partial charge in [0.25, 0.3) is 0 Å². The lowest BCUT2D eigenvalue weighted by Crippen LogP contribution is -2.17. The van der Waals surface area contributed by atoms with Crippen molar-refractivity contribution in [3.63, 3.8) is 0 Å². The van der Waals surface area contributed by atoms with Gasteiger partial charge >= 0.3 is 5.97 Å². The summed E-state index contributed by atoms with van der Waals surface area (Å²) in [5.74, 6) is -1.03. The Morgan fingerprint density at radius 1 is 1.28 bits per heavy atom. The summed E-state index contributed by atoms with van der Waals surface area (Å²) in [6.45, 7) is 0. The van der Waals surface area contributed by atoms with E-state index in [1.54, 1.807) is 7.05 Å². The van der Waals surface area contributed by atoms with E-state index in [9.17, 15) is 14.4 Å². The second-order valence-corrected chi connectivity index (χ2v) is 4.02. The first-order valence-corrected chi connectivity index (χ1v) is 5.67. The molecule has 0 saturated heterocycles.